The molecule has 1 atom stereocenters. The van der Waals surface area contributed by atoms with Gasteiger partial charge in [-0.05, 0) is 37.1 Å². The third-order valence-corrected chi connectivity index (χ3v) is 6.90. The fraction of sp³-hybridized carbons (Fsp3) is 0.368. The van der Waals surface area contributed by atoms with Gasteiger partial charge < -0.3 is 10.2 Å². The molecule has 0 fully saturated rings. The SMILES string of the molecule is CC(C)NS(=O)(=O)Cc1ccc(CNC(=O)C2CC(c3ccc(Cl)s3)=NO2)cc1. The van der Waals surface area contributed by atoms with E-state index in [9.17, 15) is 13.2 Å². The first kappa shape index (κ1) is 21.8. The molecule has 156 valence electrons. The Hall–Kier alpha value is -1.94. The molecule has 0 bridgehead atoms. The average molecular weight is 456 g/mol. The first-order chi connectivity index (χ1) is 13.7. The summed E-state index contributed by atoms with van der Waals surface area (Å²) in [4.78, 5) is 18.5. The lowest BCUT2D eigenvalue weighted by Gasteiger charge is -2.11. The van der Waals surface area contributed by atoms with Gasteiger partial charge in [-0.2, -0.15) is 0 Å². The second-order valence-corrected chi connectivity index (χ2v) is 10.5. The van der Waals surface area contributed by atoms with Crippen LogP contribution < -0.4 is 10.0 Å². The summed E-state index contributed by atoms with van der Waals surface area (Å²) in [6.07, 6.45) is -0.278. The number of benzene rings is 1. The Labute approximate surface area is 179 Å². The van der Waals surface area contributed by atoms with E-state index >= 15 is 0 Å². The van der Waals surface area contributed by atoms with Crippen LogP contribution >= 0.6 is 22.9 Å². The third-order valence-electron chi connectivity index (χ3n) is 4.08. The number of carbonyl (C=O) groups excluding carboxylic acids is 1. The minimum atomic E-state index is -3.37. The van der Waals surface area contributed by atoms with E-state index in [4.69, 9.17) is 16.4 Å². The number of carbonyl (C=O) groups is 1. The fourth-order valence-electron chi connectivity index (χ4n) is 2.81. The quantitative estimate of drug-likeness (QED) is 0.639. The number of hydrogen-bond donors (Lipinski definition) is 2. The van der Waals surface area contributed by atoms with Crippen molar-refractivity contribution in [3.8, 4) is 0 Å². The highest BCUT2D eigenvalue weighted by molar-refractivity contribution is 7.88. The molecule has 0 radical (unpaired) electrons. The number of amides is 1. The second kappa shape index (κ2) is 9.25. The predicted molar refractivity (Wildman–Crippen MR) is 115 cm³/mol. The lowest BCUT2D eigenvalue weighted by Crippen LogP contribution is -2.34. The van der Waals surface area contributed by atoms with Crippen molar-refractivity contribution in [3.63, 3.8) is 0 Å². The van der Waals surface area contributed by atoms with Crippen LogP contribution in [0.25, 0.3) is 0 Å². The van der Waals surface area contributed by atoms with Gasteiger partial charge in [0.1, 0.15) is 5.71 Å². The molecule has 2 heterocycles. The minimum Gasteiger partial charge on any atom is -0.382 e. The summed E-state index contributed by atoms with van der Waals surface area (Å²) < 4.78 is 27.2. The third kappa shape index (κ3) is 6.27. The molecule has 2 N–H and O–H groups in total. The molecule has 0 spiro atoms. The minimum absolute atomic E-state index is 0.0828. The zero-order valence-electron chi connectivity index (χ0n) is 16.0. The number of nitrogens with one attached hydrogen (secondary N) is 2. The van der Waals surface area contributed by atoms with E-state index in [1.54, 1.807) is 44.2 Å². The molecular formula is C19H22ClN3O4S2. The van der Waals surface area contributed by atoms with E-state index in [2.05, 4.69) is 15.2 Å². The average Bonchev–Trinajstić information content (AvgIpc) is 3.28. The van der Waals surface area contributed by atoms with Crippen LogP contribution in [0.5, 0.6) is 0 Å². The Kier molecular flexibility index (Phi) is 6.94. The van der Waals surface area contributed by atoms with Crippen molar-refractivity contribution in [2.45, 2.75) is 44.7 Å². The predicted octanol–water partition coefficient (Wildman–Crippen LogP) is 3.04. The largest absolute Gasteiger partial charge is 0.382 e. The van der Waals surface area contributed by atoms with Gasteiger partial charge in [-0.3, -0.25) is 4.79 Å². The van der Waals surface area contributed by atoms with Crippen molar-refractivity contribution in [2.75, 3.05) is 0 Å². The summed E-state index contributed by atoms with van der Waals surface area (Å²) in [5.41, 5.74) is 2.25. The van der Waals surface area contributed by atoms with Gasteiger partial charge in [0.05, 0.1) is 15.0 Å². The van der Waals surface area contributed by atoms with Crippen LogP contribution in [0.2, 0.25) is 4.34 Å². The van der Waals surface area contributed by atoms with Crippen molar-refractivity contribution in [2.24, 2.45) is 5.16 Å². The van der Waals surface area contributed by atoms with Gasteiger partial charge in [0.2, 0.25) is 16.1 Å². The molecule has 1 aromatic carbocycles. The van der Waals surface area contributed by atoms with Crippen molar-refractivity contribution in [3.05, 3.63) is 56.7 Å². The summed E-state index contributed by atoms with van der Waals surface area (Å²) in [5.74, 6) is -0.334. The lowest BCUT2D eigenvalue weighted by molar-refractivity contribution is -0.131. The molecule has 3 rings (SSSR count). The first-order valence-corrected chi connectivity index (χ1v) is 11.9. The maximum absolute atomic E-state index is 12.3. The maximum Gasteiger partial charge on any atom is 0.264 e. The van der Waals surface area contributed by atoms with Crippen molar-refractivity contribution in [1.29, 1.82) is 0 Å². The zero-order valence-corrected chi connectivity index (χ0v) is 18.4. The molecule has 1 unspecified atom stereocenters. The van der Waals surface area contributed by atoms with Crippen LogP contribution in [0.3, 0.4) is 0 Å². The number of oxime groups is 1. The van der Waals surface area contributed by atoms with E-state index in [0.717, 1.165) is 10.4 Å². The van der Waals surface area contributed by atoms with Crippen LogP contribution in [-0.4, -0.2) is 32.2 Å². The number of hydrogen-bond acceptors (Lipinski definition) is 6. The van der Waals surface area contributed by atoms with Gasteiger partial charge in [0.15, 0.2) is 0 Å². The number of rotatable bonds is 8. The molecule has 0 saturated carbocycles. The zero-order chi connectivity index (χ0) is 21.0. The van der Waals surface area contributed by atoms with Gasteiger partial charge in [-0.25, -0.2) is 13.1 Å². The van der Waals surface area contributed by atoms with E-state index in [-0.39, 0.29) is 17.7 Å². The van der Waals surface area contributed by atoms with E-state index in [1.165, 1.54) is 11.3 Å². The van der Waals surface area contributed by atoms with E-state index in [0.29, 0.717) is 28.6 Å². The summed E-state index contributed by atoms with van der Waals surface area (Å²) in [5, 5.41) is 6.81. The molecule has 0 aliphatic carbocycles. The molecule has 1 aliphatic heterocycles. The Morgan fingerprint density at radius 3 is 2.55 bits per heavy atom. The van der Waals surface area contributed by atoms with Crippen molar-refractivity contribution in [1.82, 2.24) is 10.0 Å². The molecular weight excluding hydrogens is 434 g/mol. The highest BCUT2D eigenvalue weighted by Gasteiger charge is 2.29. The first-order valence-electron chi connectivity index (χ1n) is 9.06. The number of sulfonamides is 1. The molecule has 10 heteroatoms. The van der Waals surface area contributed by atoms with Gasteiger partial charge >= 0.3 is 0 Å². The van der Waals surface area contributed by atoms with Gasteiger partial charge in [0, 0.05) is 19.0 Å². The maximum atomic E-state index is 12.3. The second-order valence-electron chi connectivity index (χ2n) is 7.01. The Morgan fingerprint density at radius 2 is 1.93 bits per heavy atom. The lowest BCUT2D eigenvalue weighted by atomic mass is 10.1. The molecule has 29 heavy (non-hydrogen) atoms. The number of halogens is 1. The van der Waals surface area contributed by atoms with Crippen LogP contribution in [0.1, 0.15) is 36.3 Å². The Bertz CT molecular complexity index is 1000. The van der Waals surface area contributed by atoms with Crippen LogP contribution in [0.4, 0.5) is 0 Å². The Morgan fingerprint density at radius 1 is 1.24 bits per heavy atom. The highest BCUT2D eigenvalue weighted by Crippen LogP contribution is 2.26. The number of thiophene rings is 1. The van der Waals surface area contributed by atoms with Crippen LogP contribution in [0.15, 0.2) is 41.6 Å². The van der Waals surface area contributed by atoms with Gasteiger partial charge in [-0.1, -0.05) is 41.0 Å². The molecule has 1 aromatic heterocycles. The fourth-order valence-corrected chi connectivity index (χ4v) is 5.28. The highest BCUT2D eigenvalue weighted by atomic mass is 35.5. The monoisotopic (exact) mass is 455 g/mol. The number of nitrogens with zero attached hydrogens (tertiary/aromatic N) is 1. The molecule has 7 nitrogen and oxygen atoms in total. The van der Waals surface area contributed by atoms with Crippen LogP contribution in [-0.2, 0) is 32.0 Å². The van der Waals surface area contributed by atoms with Crippen LogP contribution in [0, 0.1) is 0 Å². The summed E-state index contributed by atoms with van der Waals surface area (Å²) in [7, 11) is -3.37. The molecule has 1 aliphatic rings. The van der Waals surface area contributed by atoms with Crippen molar-refractivity contribution >= 4 is 44.6 Å². The normalized spacial score (nSPS) is 16.6. The molecule has 2 aromatic rings. The summed E-state index contributed by atoms with van der Waals surface area (Å²) in [6, 6.07) is 10.6. The van der Waals surface area contributed by atoms with E-state index < -0.39 is 16.1 Å². The van der Waals surface area contributed by atoms with Gasteiger partial charge in [-0.15, -0.1) is 11.3 Å². The Balaban J connectivity index is 1.48. The molecule has 0 saturated heterocycles. The molecule has 1 amide bonds. The van der Waals surface area contributed by atoms with Crippen molar-refractivity contribution < 1.29 is 18.0 Å². The van der Waals surface area contributed by atoms with E-state index in [1.807, 2.05) is 6.07 Å². The summed E-state index contributed by atoms with van der Waals surface area (Å²) >= 11 is 7.32. The smallest absolute Gasteiger partial charge is 0.264 e. The van der Waals surface area contributed by atoms with Gasteiger partial charge in [0.25, 0.3) is 5.91 Å². The summed E-state index contributed by atoms with van der Waals surface area (Å²) in [6.45, 7) is 3.87. The standard InChI is InChI=1S/C19H22ClN3O4S2/c1-12(2)23-29(25,26)11-14-5-3-13(4-6-14)10-21-19(24)16-9-15(22-27-16)17-7-8-18(20)28-17/h3-8,12,16,23H,9-11H2,1-2H3,(H,21,24). The topological polar surface area (TPSA) is 96.9 Å².